The lowest BCUT2D eigenvalue weighted by Gasteiger charge is -2.36. The molecule has 13 heavy (non-hydrogen) atoms. The molecule has 0 saturated carbocycles. The predicted octanol–water partition coefficient (Wildman–Crippen LogP) is 3.27. The summed E-state index contributed by atoms with van der Waals surface area (Å²) in [6.07, 6.45) is 1.46. The van der Waals surface area contributed by atoms with Gasteiger partial charge < -0.3 is 0 Å². The van der Waals surface area contributed by atoms with Crippen molar-refractivity contribution in [3.05, 3.63) is 29.8 Å². The van der Waals surface area contributed by atoms with Crippen molar-refractivity contribution in [1.29, 1.82) is 0 Å². The Bertz CT molecular complexity index is 287. The van der Waals surface area contributed by atoms with Crippen LogP contribution in [0.25, 0.3) is 0 Å². The van der Waals surface area contributed by atoms with E-state index in [2.05, 4.69) is 46.7 Å². The molecule has 2 heteroatoms. The Morgan fingerprint density at radius 2 is 1.85 bits per heavy atom. The van der Waals surface area contributed by atoms with Crippen LogP contribution in [-0.4, -0.2) is 8.07 Å². The van der Waals surface area contributed by atoms with Gasteiger partial charge in [-0.15, -0.1) is 0 Å². The second-order valence-electron chi connectivity index (χ2n) is 4.24. The van der Waals surface area contributed by atoms with E-state index in [1.165, 1.54) is 24.1 Å². The highest BCUT2D eigenvalue weighted by molar-refractivity contribution is 9.08. The molecule has 0 amide bonds. The lowest BCUT2D eigenvalue weighted by molar-refractivity contribution is 0.917. The molecule has 0 unspecified atom stereocenters. The molecule has 0 N–H and O–H groups in total. The summed E-state index contributed by atoms with van der Waals surface area (Å²) in [5.74, 6) is 0. The van der Waals surface area contributed by atoms with E-state index in [1.807, 2.05) is 0 Å². The first-order chi connectivity index (χ1) is 6.24. The molecule has 1 fully saturated rings. The second kappa shape index (κ2) is 3.58. The van der Waals surface area contributed by atoms with Crippen LogP contribution in [0.15, 0.2) is 24.3 Å². The van der Waals surface area contributed by atoms with Crippen molar-refractivity contribution in [1.82, 2.24) is 0 Å². The second-order valence-corrected chi connectivity index (χ2v) is 9.50. The number of hydrogen-bond acceptors (Lipinski definition) is 0. The molecule has 1 saturated heterocycles. The Kier molecular flexibility index (Phi) is 2.61. The van der Waals surface area contributed by atoms with E-state index in [9.17, 15) is 0 Å². The largest absolute Gasteiger partial charge is 0.0876 e. The third-order valence-electron chi connectivity index (χ3n) is 3.26. The summed E-state index contributed by atoms with van der Waals surface area (Å²) in [4.78, 5) is 0. The van der Waals surface area contributed by atoms with Gasteiger partial charge in [0, 0.05) is 5.33 Å². The summed E-state index contributed by atoms with van der Waals surface area (Å²) in [6, 6.07) is 12.2. The van der Waals surface area contributed by atoms with Crippen molar-refractivity contribution < 1.29 is 0 Å². The van der Waals surface area contributed by atoms with E-state index in [-0.39, 0.29) is 0 Å². The van der Waals surface area contributed by atoms with Crippen molar-refractivity contribution in [2.45, 2.75) is 30.4 Å². The highest BCUT2D eigenvalue weighted by Crippen LogP contribution is 2.31. The van der Waals surface area contributed by atoms with Crippen LogP contribution in [0.4, 0.5) is 0 Å². The van der Waals surface area contributed by atoms with E-state index in [1.54, 1.807) is 5.19 Å². The molecule has 0 nitrogen and oxygen atoms in total. The average Bonchev–Trinajstić information content (AvgIpc) is 2.14. The first kappa shape index (κ1) is 9.47. The van der Waals surface area contributed by atoms with Gasteiger partial charge in [0.25, 0.3) is 0 Å². The van der Waals surface area contributed by atoms with Crippen LogP contribution in [0.3, 0.4) is 0 Å². The van der Waals surface area contributed by atoms with E-state index in [4.69, 9.17) is 0 Å². The van der Waals surface area contributed by atoms with Gasteiger partial charge in [-0.05, 0) is 5.56 Å². The van der Waals surface area contributed by atoms with Crippen molar-refractivity contribution in [2.75, 3.05) is 0 Å². The summed E-state index contributed by atoms with van der Waals surface area (Å²) >= 11 is 3.47. The molecule has 1 aliphatic rings. The molecule has 1 heterocycles. The van der Waals surface area contributed by atoms with E-state index >= 15 is 0 Å². The maximum Gasteiger partial charge on any atom is 0.0836 e. The molecule has 0 atom stereocenters. The molecule has 0 radical (unpaired) electrons. The van der Waals surface area contributed by atoms with Crippen molar-refractivity contribution in [3.63, 3.8) is 0 Å². The van der Waals surface area contributed by atoms with Gasteiger partial charge >= 0.3 is 0 Å². The number of benzene rings is 1. The maximum atomic E-state index is 3.47. The number of rotatable bonds is 2. The van der Waals surface area contributed by atoms with Crippen LogP contribution in [0.1, 0.15) is 12.0 Å². The van der Waals surface area contributed by atoms with E-state index in [0.717, 1.165) is 5.33 Å². The molecule has 0 spiro atoms. The summed E-state index contributed by atoms with van der Waals surface area (Å²) in [5, 5.41) is 2.63. The molecule has 2 rings (SSSR count). The van der Waals surface area contributed by atoms with Gasteiger partial charge in [-0.2, -0.15) is 0 Å². The van der Waals surface area contributed by atoms with Crippen LogP contribution < -0.4 is 5.19 Å². The fourth-order valence-corrected chi connectivity index (χ4v) is 5.33. The topological polar surface area (TPSA) is 0 Å². The van der Waals surface area contributed by atoms with Gasteiger partial charge in [0.2, 0.25) is 0 Å². The van der Waals surface area contributed by atoms with Gasteiger partial charge in [0.15, 0.2) is 0 Å². The third-order valence-corrected chi connectivity index (χ3v) is 8.55. The first-order valence-corrected chi connectivity index (χ1v) is 8.93. The standard InChI is InChI=1S/C11H15BrSi/c1-13(7-2-8-13)11-5-3-10(9-12)4-6-11/h3-6H,2,7-9H2,1H3. The molecular weight excluding hydrogens is 240 g/mol. The first-order valence-electron chi connectivity index (χ1n) is 4.90. The molecule has 0 aliphatic carbocycles. The fourth-order valence-electron chi connectivity index (χ4n) is 1.99. The smallest absolute Gasteiger partial charge is 0.0836 e. The molecule has 0 bridgehead atoms. The lowest BCUT2D eigenvalue weighted by atomic mass is 10.2. The van der Waals surface area contributed by atoms with Crippen LogP contribution in [-0.2, 0) is 5.33 Å². The quantitative estimate of drug-likeness (QED) is 0.562. The summed E-state index contributed by atoms with van der Waals surface area (Å²) in [7, 11) is -0.924. The minimum absolute atomic E-state index is 0.924. The van der Waals surface area contributed by atoms with Gasteiger partial charge in [-0.25, -0.2) is 0 Å². The summed E-state index contributed by atoms with van der Waals surface area (Å²) < 4.78 is 0. The number of alkyl halides is 1. The van der Waals surface area contributed by atoms with E-state index < -0.39 is 8.07 Å². The monoisotopic (exact) mass is 254 g/mol. The maximum absolute atomic E-state index is 3.47. The van der Waals surface area contributed by atoms with E-state index in [0.29, 0.717) is 0 Å². The van der Waals surface area contributed by atoms with Gasteiger partial charge in [-0.3, -0.25) is 0 Å². The van der Waals surface area contributed by atoms with Crippen molar-refractivity contribution in [2.24, 2.45) is 0 Å². The molecule has 0 aromatic heterocycles. The zero-order valence-corrected chi connectivity index (χ0v) is 10.6. The Hall–Kier alpha value is -0.0831. The predicted molar refractivity (Wildman–Crippen MR) is 64.6 cm³/mol. The van der Waals surface area contributed by atoms with Crippen LogP contribution in [0, 0.1) is 0 Å². The molecule has 1 aliphatic heterocycles. The molecule has 1 aromatic rings. The van der Waals surface area contributed by atoms with Crippen LogP contribution in [0.2, 0.25) is 18.6 Å². The minimum atomic E-state index is -0.924. The minimum Gasteiger partial charge on any atom is -0.0876 e. The number of halogens is 1. The zero-order valence-electron chi connectivity index (χ0n) is 8.02. The Morgan fingerprint density at radius 3 is 2.23 bits per heavy atom. The van der Waals surface area contributed by atoms with Crippen LogP contribution >= 0.6 is 15.9 Å². The fraction of sp³-hybridized carbons (Fsp3) is 0.455. The van der Waals surface area contributed by atoms with Crippen molar-refractivity contribution in [3.8, 4) is 0 Å². The molecule has 1 aromatic carbocycles. The summed E-state index contributed by atoms with van der Waals surface area (Å²) in [5.41, 5.74) is 1.39. The lowest BCUT2D eigenvalue weighted by Crippen LogP contribution is -2.50. The van der Waals surface area contributed by atoms with Crippen LogP contribution in [0.5, 0.6) is 0 Å². The average molecular weight is 255 g/mol. The Morgan fingerprint density at radius 1 is 1.23 bits per heavy atom. The van der Waals surface area contributed by atoms with Gasteiger partial charge in [-0.1, -0.05) is 70.4 Å². The zero-order chi connectivity index (χ0) is 9.31. The molecular formula is C11H15BrSi. The van der Waals surface area contributed by atoms with Crippen molar-refractivity contribution >= 4 is 29.2 Å². The Labute approximate surface area is 89.5 Å². The van der Waals surface area contributed by atoms with Gasteiger partial charge in [0.05, 0.1) is 8.07 Å². The normalized spacial score (nSPS) is 19.5. The Balaban J connectivity index is 2.22. The third kappa shape index (κ3) is 1.74. The summed E-state index contributed by atoms with van der Waals surface area (Å²) in [6.45, 7) is 2.51. The molecule has 70 valence electrons. The highest BCUT2D eigenvalue weighted by Gasteiger charge is 2.35. The van der Waals surface area contributed by atoms with Gasteiger partial charge in [0.1, 0.15) is 0 Å². The number of hydrogen-bond donors (Lipinski definition) is 0. The highest BCUT2D eigenvalue weighted by atomic mass is 79.9. The SMILES string of the molecule is C[Si]1(c2ccc(CBr)cc2)CCC1.